The number of likely N-dealkylation sites (tertiary alicyclic amines) is 1. The number of carbonyl (C=O) groups excluding carboxylic acids is 2. The molecule has 0 bridgehead atoms. The number of nitrogens with one attached hydrogen (secondary N) is 2. The van der Waals surface area contributed by atoms with Gasteiger partial charge >= 0.3 is 53.6 Å². The van der Waals surface area contributed by atoms with E-state index in [1.54, 1.807) is 6.92 Å². The van der Waals surface area contributed by atoms with Gasteiger partial charge in [-0.25, -0.2) is 0 Å². The van der Waals surface area contributed by atoms with E-state index in [4.69, 9.17) is 0 Å². The minimum absolute atomic E-state index is 0.0526. The van der Waals surface area contributed by atoms with Crippen LogP contribution in [-0.2, 0) is 9.59 Å². The maximum atomic E-state index is 13.9. The highest BCUT2D eigenvalue weighted by Crippen LogP contribution is 2.65. The van der Waals surface area contributed by atoms with Crippen LogP contribution in [0.3, 0.4) is 0 Å². The molecule has 1 atom stereocenters. The first-order chi connectivity index (χ1) is 19.3. The highest BCUT2D eigenvalue weighted by molar-refractivity contribution is 5.85. The van der Waals surface area contributed by atoms with Crippen molar-refractivity contribution in [2.45, 2.75) is 85.8 Å². The van der Waals surface area contributed by atoms with Crippen molar-refractivity contribution in [2.75, 3.05) is 26.2 Å². The van der Waals surface area contributed by atoms with E-state index in [9.17, 15) is 93.0 Å². The molecule has 2 amide bonds. The summed E-state index contributed by atoms with van der Waals surface area (Å²) in [4.78, 5) is 25.1. The molecule has 1 rings (SSSR count). The third-order valence-corrected chi connectivity index (χ3v) is 6.48. The van der Waals surface area contributed by atoms with Gasteiger partial charge in [-0.15, -0.1) is 0 Å². The van der Waals surface area contributed by atoms with Crippen molar-refractivity contribution in [1.29, 1.82) is 0 Å². The average Bonchev–Trinajstić information content (AvgIpc) is 3.33. The van der Waals surface area contributed by atoms with Crippen LogP contribution in [-0.4, -0.2) is 102 Å². The zero-order valence-electron chi connectivity index (χ0n) is 21.5. The molecule has 1 aliphatic rings. The highest BCUT2D eigenvalue weighted by Gasteiger charge is 2.97. The summed E-state index contributed by atoms with van der Waals surface area (Å²) in [6.07, 6.45) is -7.72. The summed E-state index contributed by atoms with van der Waals surface area (Å²) in [5.74, 6) is -73.4. The van der Waals surface area contributed by atoms with Gasteiger partial charge in [-0.1, -0.05) is 6.92 Å². The van der Waals surface area contributed by atoms with Gasteiger partial charge in [0.2, 0.25) is 5.91 Å². The Balaban J connectivity index is 3.20. The lowest BCUT2D eigenvalue weighted by molar-refractivity contribution is -0.467. The molecule has 0 aliphatic carbocycles. The molecule has 0 spiro atoms. The molecule has 0 saturated carbocycles. The third-order valence-electron chi connectivity index (χ3n) is 6.48. The summed E-state index contributed by atoms with van der Waals surface area (Å²) in [6, 6.07) is -0.199. The molecule has 260 valence electrons. The Kier molecular flexibility index (Phi) is 10.9. The standard InChI is InChI=1S/C20H20F19N3O2/c1-2-42-7-3-4-9(42)8-41-10(43)5-6-40-11(44)12(21,22)13(23,24)14(25,26)15(27,28)16(29,30)17(31,32)18(33,34)19(35,36)20(37,38)39/h9H,2-8H2,1H3,(H,40,44)(H,41,43). The zero-order valence-corrected chi connectivity index (χ0v) is 21.5. The second-order valence-electron chi connectivity index (χ2n) is 9.33. The average molecular weight is 695 g/mol. The molecule has 0 radical (unpaired) electrons. The predicted octanol–water partition coefficient (Wildman–Crippen LogP) is 5.74. The minimum Gasteiger partial charge on any atom is -0.354 e. The molecule has 24 heteroatoms. The van der Waals surface area contributed by atoms with Gasteiger partial charge in [0.1, 0.15) is 0 Å². The highest BCUT2D eigenvalue weighted by atomic mass is 19.4. The number of likely N-dealkylation sites (N-methyl/N-ethyl adjacent to an activating group) is 1. The summed E-state index contributed by atoms with van der Waals surface area (Å²) >= 11 is 0. The van der Waals surface area contributed by atoms with E-state index in [1.807, 2.05) is 4.90 Å². The van der Waals surface area contributed by atoms with Crippen LogP contribution in [0, 0.1) is 0 Å². The third kappa shape index (κ3) is 6.06. The van der Waals surface area contributed by atoms with Gasteiger partial charge in [-0.2, -0.15) is 83.4 Å². The fraction of sp³-hybridized carbons (Fsp3) is 0.900. The van der Waals surface area contributed by atoms with Crippen LogP contribution in [0.25, 0.3) is 0 Å². The summed E-state index contributed by atoms with van der Waals surface area (Å²) in [7, 11) is 0. The van der Waals surface area contributed by atoms with Gasteiger partial charge in [0.25, 0.3) is 5.91 Å². The van der Waals surface area contributed by atoms with Crippen LogP contribution >= 0.6 is 0 Å². The minimum atomic E-state index is -9.07. The first-order valence-electron chi connectivity index (χ1n) is 11.7. The summed E-state index contributed by atoms with van der Waals surface area (Å²) in [5.41, 5.74) is 0. The molecule has 1 heterocycles. The number of nitrogens with zero attached hydrogens (tertiary/aromatic N) is 1. The number of hydrogen-bond donors (Lipinski definition) is 2. The van der Waals surface area contributed by atoms with Crippen molar-refractivity contribution >= 4 is 11.8 Å². The monoisotopic (exact) mass is 695 g/mol. The molecular formula is C20H20F19N3O2. The smallest absolute Gasteiger partial charge is 0.354 e. The molecule has 44 heavy (non-hydrogen) atoms. The van der Waals surface area contributed by atoms with Crippen LogP contribution in [0.2, 0.25) is 0 Å². The Morgan fingerprint density at radius 1 is 0.636 bits per heavy atom. The molecule has 0 aromatic heterocycles. The molecular weight excluding hydrogens is 675 g/mol. The van der Waals surface area contributed by atoms with Crippen molar-refractivity contribution < 1.29 is 93.0 Å². The molecule has 1 aliphatic heterocycles. The Morgan fingerprint density at radius 2 is 1.05 bits per heavy atom. The lowest BCUT2D eigenvalue weighted by Crippen LogP contribution is -2.76. The first-order valence-corrected chi connectivity index (χ1v) is 11.7. The maximum absolute atomic E-state index is 13.9. The number of halogens is 19. The summed E-state index contributed by atoms with van der Waals surface area (Å²) in [6.45, 7) is 1.46. The van der Waals surface area contributed by atoms with Crippen molar-refractivity contribution in [1.82, 2.24) is 15.5 Å². The van der Waals surface area contributed by atoms with E-state index in [1.165, 1.54) is 0 Å². The number of amides is 2. The van der Waals surface area contributed by atoms with Crippen LogP contribution in [0.1, 0.15) is 26.2 Å². The number of rotatable bonds is 14. The maximum Gasteiger partial charge on any atom is 0.460 e. The van der Waals surface area contributed by atoms with Gasteiger partial charge in [0.05, 0.1) is 0 Å². The Morgan fingerprint density at radius 3 is 1.45 bits per heavy atom. The van der Waals surface area contributed by atoms with Crippen molar-refractivity contribution in [2.24, 2.45) is 0 Å². The molecule has 0 aromatic carbocycles. The van der Waals surface area contributed by atoms with Crippen LogP contribution in [0.15, 0.2) is 0 Å². The van der Waals surface area contributed by atoms with Gasteiger partial charge < -0.3 is 10.6 Å². The number of alkyl halides is 19. The quantitative estimate of drug-likeness (QED) is 0.228. The first kappa shape index (κ1) is 39.6. The lowest BCUT2D eigenvalue weighted by Gasteiger charge is -2.43. The number of carbonyl (C=O) groups is 2. The fourth-order valence-corrected chi connectivity index (χ4v) is 3.77. The topological polar surface area (TPSA) is 61.4 Å². The largest absolute Gasteiger partial charge is 0.460 e. The molecule has 2 N–H and O–H groups in total. The van der Waals surface area contributed by atoms with Crippen LogP contribution in [0.4, 0.5) is 83.4 Å². The van der Waals surface area contributed by atoms with Gasteiger partial charge in [-0.05, 0) is 25.9 Å². The molecule has 1 saturated heterocycles. The van der Waals surface area contributed by atoms with Gasteiger partial charge in [0.15, 0.2) is 0 Å². The van der Waals surface area contributed by atoms with E-state index >= 15 is 0 Å². The zero-order chi connectivity index (χ0) is 35.2. The van der Waals surface area contributed by atoms with Gasteiger partial charge in [0, 0.05) is 25.6 Å². The Bertz CT molecular complexity index is 1040. The molecule has 5 nitrogen and oxygen atoms in total. The fourth-order valence-electron chi connectivity index (χ4n) is 3.77. The van der Waals surface area contributed by atoms with Crippen molar-refractivity contribution in [3.8, 4) is 0 Å². The van der Waals surface area contributed by atoms with Crippen molar-refractivity contribution in [3.05, 3.63) is 0 Å². The molecule has 0 aromatic rings. The van der Waals surface area contributed by atoms with Crippen LogP contribution in [0.5, 0.6) is 0 Å². The van der Waals surface area contributed by atoms with E-state index in [0.717, 1.165) is 6.42 Å². The predicted molar refractivity (Wildman–Crippen MR) is 107 cm³/mol. The second-order valence-corrected chi connectivity index (χ2v) is 9.33. The van der Waals surface area contributed by atoms with E-state index in [2.05, 4.69) is 5.32 Å². The van der Waals surface area contributed by atoms with E-state index < -0.39 is 78.3 Å². The molecule has 1 unspecified atom stereocenters. The Labute approximate surface area is 233 Å². The van der Waals surface area contributed by atoms with Gasteiger partial charge in [-0.3, -0.25) is 14.5 Å². The van der Waals surface area contributed by atoms with E-state index in [-0.39, 0.29) is 12.6 Å². The lowest BCUT2D eigenvalue weighted by atomic mass is 9.87. The summed E-state index contributed by atoms with van der Waals surface area (Å²) < 4.78 is 253. The normalized spacial score (nSPS) is 18.9. The van der Waals surface area contributed by atoms with Crippen molar-refractivity contribution in [3.63, 3.8) is 0 Å². The SMILES string of the molecule is CCN1CCCC1CNC(=O)CCNC(=O)C(F)(F)C(F)(F)C(F)(F)C(F)(F)C(F)(F)C(F)(F)C(F)(F)C(F)(F)C(F)(F)F. The van der Waals surface area contributed by atoms with Crippen LogP contribution < -0.4 is 10.6 Å². The Hall–Kier alpha value is -2.43. The summed E-state index contributed by atoms with van der Waals surface area (Å²) in [5, 5.41) is 2.88. The second kappa shape index (κ2) is 12.1. The van der Waals surface area contributed by atoms with E-state index in [0.29, 0.717) is 24.8 Å². The molecule has 1 fully saturated rings. The number of hydrogen-bond acceptors (Lipinski definition) is 3.